The zero-order chi connectivity index (χ0) is 12.2. The lowest BCUT2D eigenvalue weighted by Gasteiger charge is -2.19. The normalized spacial score (nSPS) is 23.3. The van der Waals surface area contributed by atoms with Crippen LogP contribution in [0.4, 0.5) is 0 Å². The van der Waals surface area contributed by atoms with Crippen LogP contribution in [0.1, 0.15) is 36.4 Å². The Kier molecular flexibility index (Phi) is 3.42. The molecule has 1 aromatic carbocycles. The SMILES string of the molecule is c1ccc(CO[C@@H]2CCC[C@H]2c2ccn[nH]2)cc1. The first-order valence-electron chi connectivity index (χ1n) is 6.58. The number of benzene rings is 1. The average Bonchev–Trinajstić information content (AvgIpc) is 3.08. The van der Waals surface area contributed by atoms with Gasteiger partial charge in [-0.25, -0.2) is 0 Å². The minimum atomic E-state index is 0.325. The van der Waals surface area contributed by atoms with Crippen LogP contribution in [0.2, 0.25) is 0 Å². The summed E-state index contributed by atoms with van der Waals surface area (Å²) in [7, 11) is 0. The van der Waals surface area contributed by atoms with Gasteiger partial charge in [-0.3, -0.25) is 5.10 Å². The monoisotopic (exact) mass is 242 g/mol. The van der Waals surface area contributed by atoms with Gasteiger partial charge in [-0.2, -0.15) is 5.10 Å². The topological polar surface area (TPSA) is 37.9 Å². The predicted octanol–water partition coefficient (Wildman–Crippen LogP) is 3.26. The van der Waals surface area contributed by atoms with Crippen LogP contribution in [-0.2, 0) is 11.3 Å². The van der Waals surface area contributed by atoms with Gasteiger partial charge in [-0.15, -0.1) is 0 Å². The van der Waals surface area contributed by atoms with Gasteiger partial charge in [0.2, 0.25) is 0 Å². The van der Waals surface area contributed by atoms with E-state index in [0.717, 1.165) is 6.42 Å². The zero-order valence-electron chi connectivity index (χ0n) is 10.4. The Balaban J connectivity index is 1.62. The summed E-state index contributed by atoms with van der Waals surface area (Å²) in [6.07, 6.45) is 5.73. The molecule has 18 heavy (non-hydrogen) atoms. The summed E-state index contributed by atoms with van der Waals surface area (Å²) in [5.74, 6) is 0.483. The van der Waals surface area contributed by atoms with E-state index in [2.05, 4.69) is 40.5 Å². The number of rotatable bonds is 4. The predicted molar refractivity (Wildman–Crippen MR) is 70.2 cm³/mol. The Morgan fingerprint density at radius 1 is 1.17 bits per heavy atom. The minimum absolute atomic E-state index is 0.325. The van der Waals surface area contributed by atoms with Crippen molar-refractivity contribution in [2.45, 2.75) is 37.9 Å². The maximum absolute atomic E-state index is 6.08. The summed E-state index contributed by atoms with van der Waals surface area (Å²) >= 11 is 0. The fourth-order valence-corrected chi connectivity index (χ4v) is 2.73. The zero-order valence-corrected chi connectivity index (χ0v) is 10.4. The first kappa shape index (κ1) is 11.5. The molecule has 1 saturated carbocycles. The average molecular weight is 242 g/mol. The van der Waals surface area contributed by atoms with E-state index in [0.29, 0.717) is 18.6 Å². The van der Waals surface area contributed by atoms with Crippen molar-refractivity contribution in [3.05, 3.63) is 53.9 Å². The highest BCUT2D eigenvalue weighted by Gasteiger charge is 2.30. The van der Waals surface area contributed by atoms with E-state index in [4.69, 9.17) is 4.74 Å². The number of nitrogens with one attached hydrogen (secondary N) is 1. The summed E-state index contributed by atoms with van der Waals surface area (Å²) in [6.45, 7) is 0.705. The van der Waals surface area contributed by atoms with Crippen LogP contribution >= 0.6 is 0 Å². The van der Waals surface area contributed by atoms with Crippen LogP contribution in [-0.4, -0.2) is 16.3 Å². The van der Waals surface area contributed by atoms with E-state index in [9.17, 15) is 0 Å². The van der Waals surface area contributed by atoms with Crippen molar-refractivity contribution in [1.29, 1.82) is 0 Å². The number of aromatic nitrogens is 2. The Hall–Kier alpha value is -1.61. The third-order valence-electron chi connectivity index (χ3n) is 3.68. The molecule has 1 aliphatic rings. The van der Waals surface area contributed by atoms with E-state index in [1.807, 2.05) is 12.3 Å². The number of hydrogen-bond donors (Lipinski definition) is 1. The second-order valence-corrected chi connectivity index (χ2v) is 4.88. The third kappa shape index (κ3) is 2.46. The van der Waals surface area contributed by atoms with Crippen LogP contribution in [0, 0.1) is 0 Å². The van der Waals surface area contributed by atoms with Gasteiger partial charge in [0, 0.05) is 17.8 Å². The molecule has 1 N–H and O–H groups in total. The molecule has 0 amide bonds. The lowest BCUT2D eigenvalue weighted by atomic mass is 10.0. The van der Waals surface area contributed by atoms with Crippen LogP contribution in [0.25, 0.3) is 0 Å². The molecule has 2 atom stereocenters. The fourth-order valence-electron chi connectivity index (χ4n) is 2.73. The standard InChI is InChI=1S/C15H18N2O/c1-2-5-12(6-3-1)11-18-15-8-4-7-13(15)14-9-10-16-17-14/h1-3,5-6,9-10,13,15H,4,7-8,11H2,(H,16,17)/t13-,15+/m0/s1. The van der Waals surface area contributed by atoms with Crippen molar-refractivity contribution in [2.24, 2.45) is 0 Å². The van der Waals surface area contributed by atoms with Gasteiger partial charge in [-0.05, 0) is 24.5 Å². The maximum atomic E-state index is 6.08. The van der Waals surface area contributed by atoms with Crippen LogP contribution in [0.5, 0.6) is 0 Å². The van der Waals surface area contributed by atoms with Gasteiger partial charge in [0.15, 0.2) is 0 Å². The molecule has 3 rings (SSSR count). The highest BCUT2D eigenvalue weighted by molar-refractivity contribution is 5.14. The number of ether oxygens (including phenoxy) is 1. The first-order chi connectivity index (χ1) is 8.93. The molecule has 0 unspecified atom stereocenters. The van der Waals surface area contributed by atoms with Gasteiger partial charge in [-0.1, -0.05) is 36.8 Å². The Labute approximate surface area is 107 Å². The third-order valence-corrected chi connectivity index (χ3v) is 3.68. The van der Waals surface area contributed by atoms with Crippen molar-refractivity contribution in [1.82, 2.24) is 10.2 Å². The molecule has 1 heterocycles. The molecule has 0 saturated heterocycles. The molecular weight excluding hydrogens is 224 g/mol. The van der Waals surface area contributed by atoms with Crippen molar-refractivity contribution < 1.29 is 4.74 Å². The Morgan fingerprint density at radius 3 is 2.83 bits per heavy atom. The van der Waals surface area contributed by atoms with E-state index in [1.54, 1.807) is 0 Å². The van der Waals surface area contributed by atoms with Gasteiger partial charge in [0.1, 0.15) is 0 Å². The molecule has 2 aromatic rings. The second kappa shape index (κ2) is 5.36. The number of aromatic amines is 1. The molecule has 1 aromatic heterocycles. The summed E-state index contributed by atoms with van der Waals surface area (Å²) in [4.78, 5) is 0. The van der Waals surface area contributed by atoms with Crippen molar-refractivity contribution in [3.63, 3.8) is 0 Å². The lowest BCUT2D eigenvalue weighted by Crippen LogP contribution is -2.17. The van der Waals surface area contributed by atoms with Gasteiger partial charge in [0.25, 0.3) is 0 Å². The van der Waals surface area contributed by atoms with Crippen molar-refractivity contribution in [3.8, 4) is 0 Å². The summed E-state index contributed by atoms with van der Waals surface area (Å²) in [6, 6.07) is 12.4. The molecule has 94 valence electrons. The summed E-state index contributed by atoms with van der Waals surface area (Å²) < 4.78 is 6.08. The molecule has 0 spiro atoms. The van der Waals surface area contributed by atoms with Crippen LogP contribution in [0.3, 0.4) is 0 Å². The minimum Gasteiger partial charge on any atom is -0.373 e. The van der Waals surface area contributed by atoms with E-state index < -0.39 is 0 Å². The van der Waals surface area contributed by atoms with E-state index in [1.165, 1.54) is 24.1 Å². The number of hydrogen-bond acceptors (Lipinski definition) is 2. The summed E-state index contributed by atoms with van der Waals surface area (Å²) in [5, 5.41) is 7.12. The highest BCUT2D eigenvalue weighted by atomic mass is 16.5. The van der Waals surface area contributed by atoms with Crippen molar-refractivity contribution >= 4 is 0 Å². The van der Waals surface area contributed by atoms with Gasteiger partial charge < -0.3 is 4.74 Å². The van der Waals surface area contributed by atoms with Crippen LogP contribution < -0.4 is 0 Å². The van der Waals surface area contributed by atoms with Gasteiger partial charge >= 0.3 is 0 Å². The largest absolute Gasteiger partial charge is 0.373 e. The maximum Gasteiger partial charge on any atom is 0.0720 e. The fraction of sp³-hybridized carbons (Fsp3) is 0.400. The highest BCUT2D eigenvalue weighted by Crippen LogP contribution is 2.35. The van der Waals surface area contributed by atoms with E-state index >= 15 is 0 Å². The molecule has 3 heteroatoms. The smallest absolute Gasteiger partial charge is 0.0720 e. The van der Waals surface area contributed by atoms with E-state index in [-0.39, 0.29) is 0 Å². The molecular formula is C15H18N2O. The lowest BCUT2D eigenvalue weighted by molar-refractivity contribution is 0.0335. The number of nitrogens with zero attached hydrogens (tertiary/aromatic N) is 1. The molecule has 0 aliphatic heterocycles. The molecule has 0 bridgehead atoms. The Bertz CT molecular complexity index is 467. The molecule has 1 aliphatic carbocycles. The molecule has 3 nitrogen and oxygen atoms in total. The van der Waals surface area contributed by atoms with Crippen LogP contribution in [0.15, 0.2) is 42.6 Å². The Morgan fingerprint density at radius 2 is 2.06 bits per heavy atom. The molecule has 1 fully saturated rings. The molecule has 0 radical (unpaired) electrons. The summed E-state index contributed by atoms with van der Waals surface area (Å²) in [5.41, 5.74) is 2.46. The quantitative estimate of drug-likeness (QED) is 0.893. The second-order valence-electron chi connectivity index (χ2n) is 4.88. The first-order valence-corrected chi connectivity index (χ1v) is 6.58. The van der Waals surface area contributed by atoms with Gasteiger partial charge in [0.05, 0.1) is 12.7 Å². The number of H-pyrrole nitrogens is 1. The van der Waals surface area contributed by atoms with Crippen molar-refractivity contribution in [2.75, 3.05) is 0 Å².